The molecule has 1 aliphatic heterocycles. The minimum atomic E-state index is -0.396. The van der Waals surface area contributed by atoms with Gasteiger partial charge in [-0.3, -0.25) is 4.98 Å². The van der Waals surface area contributed by atoms with Crippen LogP contribution in [0.15, 0.2) is 42.3 Å². The summed E-state index contributed by atoms with van der Waals surface area (Å²) < 4.78 is 9.95. The lowest BCUT2D eigenvalue weighted by Crippen LogP contribution is -2.21. The average Bonchev–Trinajstić information content (AvgIpc) is 2.55. The van der Waals surface area contributed by atoms with Gasteiger partial charge in [0.1, 0.15) is 0 Å². The second-order valence-electron chi connectivity index (χ2n) is 4.51. The summed E-state index contributed by atoms with van der Waals surface area (Å²) in [5, 5.41) is 3.08. The first-order valence-corrected chi connectivity index (χ1v) is 7.10. The van der Waals surface area contributed by atoms with Crippen LogP contribution in [0.2, 0.25) is 0 Å². The first-order chi connectivity index (χ1) is 10.7. The van der Waals surface area contributed by atoms with E-state index in [1.54, 1.807) is 50.5 Å². The number of carbonyl (C=O) groups excluding carboxylic acids is 2. The van der Waals surface area contributed by atoms with E-state index in [1.807, 2.05) is 0 Å². The molecule has 0 aliphatic carbocycles. The summed E-state index contributed by atoms with van der Waals surface area (Å²) in [4.78, 5) is 27.8. The Morgan fingerprint density at radius 2 is 1.95 bits per heavy atom. The predicted molar refractivity (Wildman–Crippen MR) is 79.9 cm³/mol. The minimum absolute atomic E-state index is 0.307. The van der Waals surface area contributed by atoms with Gasteiger partial charge in [0.2, 0.25) is 0 Å². The Kier molecular flexibility index (Phi) is 5.30. The Morgan fingerprint density at radius 1 is 1.23 bits per heavy atom. The molecule has 116 valence electrons. The van der Waals surface area contributed by atoms with Gasteiger partial charge in [-0.05, 0) is 44.3 Å². The maximum absolute atomic E-state index is 11.8. The van der Waals surface area contributed by atoms with E-state index in [1.165, 1.54) is 0 Å². The number of rotatable bonds is 5. The summed E-state index contributed by atoms with van der Waals surface area (Å²) >= 11 is 0. The third kappa shape index (κ3) is 3.72. The Labute approximate surface area is 128 Å². The van der Waals surface area contributed by atoms with E-state index in [0.29, 0.717) is 30.0 Å². The molecule has 0 aromatic carbocycles. The maximum atomic E-state index is 11.8. The van der Waals surface area contributed by atoms with Gasteiger partial charge >= 0.3 is 11.9 Å². The Hall–Kier alpha value is -2.63. The fourth-order valence-electron chi connectivity index (χ4n) is 2.01. The van der Waals surface area contributed by atoms with Crippen LogP contribution in [-0.2, 0) is 14.3 Å². The first kappa shape index (κ1) is 15.8. The van der Waals surface area contributed by atoms with Gasteiger partial charge in [-0.2, -0.15) is 0 Å². The van der Waals surface area contributed by atoms with Gasteiger partial charge in [-0.15, -0.1) is 0 Å². The normalized spacial score (nSPS) is 16.5. The summed E-state index contributed by atoms with van der Waals surface area (Å²) in [6.45, 7) is 4.14. The fourth-order valence-corrected chi connectivity index (χ4v) is 2.01. The molecule has 0 saturated carbocycles. The molecule has 0 spiro atoms. The summed E-state index contributed by atoms with van der Waals surface area (Å²) in [6.07, 6.45) is 6.56. The highest BCUT2D eigenvalue weighted by molar-refractivity contribution is 5.92. The van der Waals surface area contributed by atoms with Crippen LogP contribution in [0.3, 0.4) is 0 Å². The van der Waals surface area contributed by atoms with E-state index in [4.69, 9.17) is 9.47 Å². The van der Waals surface area contributed by atoms with Gasteiger partial charge in [0.25, 0.3) is 0 Å². The molecule has 0 fully saturated rings. The average molecular weight is 302 g/mol. The number of ether oxygens (including phenoxy) is 2. The van der Waals surface area contributed by atoms with Crippen molar-refractivity contribution in [3.63, 3.8) is 0 Å². The van der Waals surface area contributed by atoms with Gasteiger partial charge in [-0.1, -0.05) is 0 Å². The van der Waals surface area contributed by atoms with Gasteiger partial charge in [0.15, 0.2) is 0 Å². The summed E-state index contributed by atoms with van der Waals surface area (Å²) in [7, 11) is 0. The number of esters is 2. The Bertz CT molecular complexity index is 622. The number of nitrogens with zero attached hydrogens (tertiary/aromatic N) is 1. The van der Waals surface area contributed by atoms with Crippen molar-refractivity contribution in [3.8, 4) is 0 Å². The van der Waals surface area contributed by atoms with Crippen LogP contribution in [0.25, 0.3) is 0 Å². The molecule has 1 aromatic rings. The van der Waals surface area contributed by atoms with Crippen LogP contribution in [0, 0.1) is 0 Å². The molecule has 22 heavy (non-hydrogen) atoms. The van der Waals surface area contributed by atoms with Crippen molar-refractivity contribution in [1.29, 1.82) is 0 Å². The van der Waals surface area contributed by atoms with Crippen molar-refractivity contribution in [2.24, 2.45) is 0 Å². The fraction of sp³-hybridized carbons (Fsp3) is 0.312. The van der Waals surface area contributed by atoms with Crippen LogP contribution in [0.4, 0.5) is 0 Å². The first-order valence-electron chi connectivity index (χ1n) is 7.10. The van der Waals surface area contributed by atoms with Crippen molar-refractivity contribution in [3.05, 3.63) is 53.5 Å². The smallest absolute Gasteiger partial charge is 0.338 e. The molecule has 2 heterocycles. The number of carbonyl (C=O) groups is 2. The van der Waals surface area contributed by atoms with Gasteiger partial charge in [-0.25, -0.2) is 9.59 Å². The maximum Gasteiger partial charge on any atom is 0.338 e. The van der Waals surface area contributed by atoms with E-state index in [-0.39, 0.29) is 12.0 Å². The molecule has 0 amide bonds. The molecule has 1 aliphatic rings. The van der Waals surface area contributed by atoms with E-state index in [0.717, 1.165) is 0 Å². The van der Waals surface area contributed by atoms with Crippen molar-refractivity contribution < 1.29 is 19.1 Å². The zero-order valence-corrected chi connectivity index (χ0v) is 12.5. The third-order valence-electron chi connectivity index (χ3n) is 3.01. The quantitative estimate of drug-likeness (QED) is 0.837. The van der Waals surface area contributed by atoms with E-state index >= 15 is 0 Å². The lowest BCUT2D eigenvalue weighted by Gasteiger charge is -2.18. The lowest BCUT2D eigenvalue weighted by atomic mass is 10.0. The molecular weight excluding hydrogens is 284 g/mol. The molecule has 1 atom stereocenters. The van der Waals surface area contributed by atoms with Crippen LogP contribution in [-0.4, -0.2) is 30.1 Å². The van der Waals surface area contributed by atoms with Gasteiger partial charge in [0.05, 0.1) is 36.1 Å². The molecule has 6 nitrogen and oxygen atoms in total. The SMILES string of the molecule is CCOC(=O)C1=CC(c2cc(C(=O)OCC)ccn2)NC=C1. The number of pyridine rings is 1. The van der Waals surface area contributed by atoms with Crippen LogP contribution >= 0.6 is 0 Å². The van der Waals surface area contributed by atoms with Crippen molar-refractivity contribution in [2.45, 2.75) is 19.9 Å². The highest BCUT2D eigenvalue weighted by Gasteiger charge is 2.18. The number of aromatic nitrogens is 1. The largest absolute Gasteiger partial charge is 0.462 e. The van der Waals surface area contributed by atoms with Crippen LogP contribution < -0.4 is 5.32 Å². The van der Waals surface area contributed by atoms with Crippen molar-refractivity contribution >= 4 is 11.9 Å². The standard InChI is InChI=1S/C16H18N2O4/c1-3-21-15(19)11-5-7-17-13(9-11)14-10-12(6-8-18-14)16(20)22-4-2/h5-10,13,17H,3-4H2,1-2H3. The zero-order valence-electron chi connectivity index (χ0n) is 12.5. The molecular formula is C16H18N2O4. The summed E-state index contributed by atoms with van der Waals surface area (Å²) in [5.41, 5.74) is 1.50. The topological polar surface area (TPSA) is 77.5 Å². The second-order valence-corrected chi connectivity index (χ2v) is 4.51. The van der Waals surface area contributed by atoms with Gasteiger partial charge in [0, 0.05) is 6.20 Å². The van der Waals surface area contributed by atoms with Gasteiger partial charge < -0.3 is 14.8 Å². The van der Waals surface area contributed by atoms with Crippen LogP contribution in [0.1, 0.15) is 35.9 Å². The Balaban J connectivity index is 2.21. The molecule has 1 aromatic heterocycles. The van der Waals surface area contributed by atoms with Crippen molar-refractivity contribution in [2.75, 3.05) is 13.2 Å². The Morgan fingerprint density at radius 3 is 2.68 bits per heavy atom. The third-order valence-corrected chi connectivity index (χ3v) is 3.01. The molecule has 6 heteroatoms. The number of nitrogens with one attached hydrogen (secondary N) is 1. The molecule has 1 N–H and O–H groups in total. The zero-order chi connectivity index (χ0) is 15.9. The summed E-state index contributed by atoms with van der Waals surface area (Å²) in [6, 6.07) is 2.93. The predicted octanol–water partition coefficient (Wildman–Crippen LogP) is 1.91. The highest BCUT2D eigenvalue weighted by atomic mass is 16.5. The van der Waals surface area contributed by atoms with Crippen LogP contribution in [0.5, 0.6) is 0 Å². The minimum Gasteiger partial charge on any atom is -0.462 e. The number of hydrogen-bond donors (Lipinski definition) is 1. The molecule has 0 saturated heterocycles. The molecule has 2 rings (SSSR count). The summed E-state index contributed by atoms with van der Waals surface area (Å²) in [5.74, 6) is -0.779. The monoisotopic (exact) mass is 302 g/mol. The van der Waals surface area contributed by atoms with E-state index in [9.17, 15) is 9.59 Å². The molecule has 1 unspecified atom stereocenters. The number of dihydropyridines is 1. The highest BCUT2D eigenvalue weighted by Crippen LogP contribution is 2.20. The van der Waals surface area contributed by atoms with Crippen molar-refractivity contribution in [1.82, 2.24) is 10.3 Å². The molecule has 0 radical (unpaired) electrons. The molecule has 0 bridgehead atoms. The van der Waals surface area contributed by atoms with E-state index < -0.39 is 5.97 Å². The second kappa shape index (κ2) is 7.40. The lowest BCUT2D eigenvalue weighted by molar-refractivity contribution is -0.138. The number of hydrogen-bond acceptors (Lipinski definition) is 6. The van der Waals surface area contributed by atoms with E-state index in [2.05, 4.69) is 10.3 Å².